The highest BCUT2D eigenvalue weighted by atomic mass is 16.7. The summed E-state index contributed by atoms with van der Waals surface area (Å²) in [7, 11) is 0. The van der Waals surface area contributed by atoms with Crippen molar-refractivity contribution in [2.45, 2.75) is 38.9 Å². The first kappa shape index (κ1) is 16.8. The normalized spacial score (nSPS) is 12.5. The van der Waals surface area contributed by atoms with E-state index in [4.69, 9.17) is 14.7 Å². The molecular weight excluding hydrogens is 278 g/mol. The van der Waals surface area contributed by atoms with E-state index in [9.17, 15) is 14.7 Å². The minimum Gasteiger partial charge on any atom is -0.508 e. The van der Waals surface area contributed by atoms with Crippen LogP contribution in [0.3, 0.4) is 0 Å². The maximum atomic E-state index is 11.5. The van der Waals surface area contributed by atoms with Crippen molar-refractivity contribution in [3.05, 3.63) is 29.8 Å². The molecule has 0 spiro atoms. The molecule has 1 amide bonds. The highest BCUT2D eigenvalue weighted by Gasteiger charge is 2.22. The van der Waals surface area contributed by atoms with E-state index in [2.05, 4.69) is 0 Å². The molecule has 3 N–H and O–H groups in total. The Hall–Kier alpha value is -2.28. The van der Waals surface area contributed by atoms with Crippen LogP contribution in [0.2, 0.25) is 0 Å². The lowest BCUT2D eigenvalue weighted by molar-refractivity contribution is -0.142. The number of phenolic OH excluding ortho intramolecular Hbond substituents is 1. The average molecular weight is 297 g/mol. The van der Waals surface area contributed by atoms with Gasteiger partial charge < -0.3 is 14.9 Å². The molecule has 0 aliphatic heterocycles. The maximum Gasteiger partial charge on any atom is 0.431 e. The van der Waals surface area contributed by atoms with Gasteiger partial charge in [-0.3, -0.25) is 9.63 Å². The predicted molar refractivity (Wildman–Crippen MR) is 73.6 cm³/mol. The molecule has 0 aromatic heterocycles. The highest BCUT2D eigenvalue weighted by Crippen LogP contribution is 2.28. The molecule has 116 valence electrons. The third kappa shape index (κ3) is 6.13. The maximum absolute atomic E-state index is 11.5. The molecule has 1 atom stereocenters. The van der Waals surface area contributed by atoms with Gasteiger partial charge >= 0.3 is 12.1 Å². The fourth-order valence-electron chi connectivity index (χ4n) is 1.55. The molecule has 0 saturated heterocycles. The largest absolute Gasteiger partial charge is 0.508 e. The zero-order valence-electron chi connectivity index (χ0n) is 12.1. The van der Waals surface area contributed by atoms with Crippen LogP contribution in [0.5, 0.6) is 5.75 Å². The summed E-state index contributed by atoms with van der Waals surface area (Å²) in [5.74, 6) is -1.25. The van der Waals surface area contributed by atoms with Gasteiger partial charge in [0.15, 0.2) is 0 Å². The Balaban J connectivity index is 2.74. The Bertz CT molecular complexity index is 508. The van der Waals surface area contributed by atoms with E-state index in [0.717, 1.165) is 0 Å². The molecule has 1 aromatic rings. The number of ether oxygens (including phenoxy) is 1. The van der Waals surface area contributed by atoms with Crippen LogP contribution in [0, 0.1) is 0 Å². The van der Waals surface area contributed by atoms with Crippen molar-refractivity contribution >= 4 is 12.1 Å². The number of amides is 1. The molecule has 1 aromatic carbocycles. The molecule has 7 nitrogen and oxygen atoms in total. The smallest absolute Gasteiger partial charge is 0.431 e. The van der Waals surface area contributed by atoms with Gasteiger partial charge in [0.2, 0.25) is 0 Å². The molecule has 21 heavy (non-hydrogen) atoms. The van der Waals surface area contributed by atoms with Gasteiger partial charge in [-0.2, -0.15) is 5.48 Å². The molecule has 0 fully saturated rings. The Morgan fingerprint density at radius 1 is 1.29 bits per heavy atom. The molecule has 7 heteroatoms. The number of aliphatic carboxylic acids is 1. The van der Waals surface area contributed by atoms with Crippen LogP contribution in [-0.2, 0) is 14.4 Å². The summed E-state index contributed by atoms with van der Waals surface area (Å²) in [5, 5.41) is 18.6. The molecule has 0 radical (unpaired) electrons. The van der Waals surface area contributed by atoms with E-state index >= 15 is 0 Å². The van der Waals surface area contributed by atoms with E-state index in [1.807, 2.05) is 5.48 Å². The van der Waals surface area contributed by atoms with Crippen LogP contribution in [-0.4, -0.2) is 27.9 Å². The number of hydrogen-bond donors (Lipinski definition) is 3. The lowest BCUT2D eigenvalue weighted by Gasteiger charge is -2.21. The first-order valence-electron chi connectivity index (χ1n) is 6.33. The minimum atomic E-state index is -1.13. The van der Waals surface area contributed by atoms with Crippen molar-refractivity contribution in [3.63, 3.8) is 0 Å². The van der Waals surface area contributed by atoms with E-state index in [0.29, 0.717) is 0 Å². The fourth-order valence-corrected chi connectivity index (χ4v) is 1.55. The Labute approximate surface area is 122 Å². The first-order chi connectivity index (χ1) is 9.69. The number of carboxylic acids is 1. The number of nitrogens with one attached hydrogen (secondary N) is 1. The summed E-state index contributed by atoms with van der Waals surface area (Å²) in [5.41, 5.74) is 1.59. The van der Waals surface area contributed by atoms with Crippen molar-refractivity contribution in [3.8, 4) is 5.75 Å². The van der Waals surface area contributed by atoms with Gasteiger partial charge in [0.05, 0.1) is 6.42 Å². The summed E-state index contributed by atoms with van der Waals surface area (Å²) in [4.78, 5) is 27.4. The number of rotatable bonds is 5. The third-order valence-corrected chi connectivity index (χ3v) is 2.33. The number of hydrogen-bond acceptors (Lipinski definition) is 5. The van der Waals surface area contributed by atoms with Gasteiger partial charge in [0.25, 0.3) is 0 Å². The summed E-state index contributed by atoms with van der Waals surface area (Å²) in [6.45, 7) is 5.05. The zero-order chi connectivity index (χ0) is 16.0. The van der Waals surface area contributed by atoms with Gasteiger partial charge in [0, 0.05) is 5.56 Å². The second kappa shape index (κ2) is 6.94. The summed E-state index contributed by atoms with van der Waals surface area (Å²) >= 11 is 0. The molecule has 0 aliphatic carbocycles. The number of carbonyl (C=O) groups excluding carboxylic acids is 1. The first-order valence-corrected chi connectivity index (χ1v) is 6.33. The molecule has 0 saturated carbocycles. The molecular formula is C14H19NO6. The van der Waals surface area contributed by atoms with Gasteiger partial charge in [-0.05, 0) is 26.8 Å². The average Bonchev–Trinajstić information content (AvgIpc) is 2.32. The topological polar surface area (TPSA) is 105 Å². The van der Waals surface area contributed by atoms with Crippen molar-refractivity contribution < 1.29 is 29.4 Å². The Kier molecular flexibility index (Phi) is 5.54. The van der Waals surface area contributed by atoms with Gasteiger partial charge in [-0.25, -0.2) is 4.79 Å². The predicted octanol–water partition coefficient (Wildman–Crippen LogP) is 2.36. The minimum absolute atomic E-state index is 0.116. The van der Waals surface area contributed by atoms with Crippen LogP contribution in [0.1, 0.15) is 38.9 Å². The molecule has 0 heterocycles. The monoisotopic (exact) mass is 297 g/mol. The van der Waals surface area contributed by atoms with Gasteiger partial charge in [-0.15, -0.1) is 0 Å². The second-order valence-corrected chi connectivity index (χ2v) is 5.37. The van der Waals surface area contributed by atoms with E-state index in [-0.39, 0.29) is 11.3 Å². The van der Waals surface area contributed by atoms with Crippen LogP contribution in [0.4, 0.5) is 4.79 Å². The lowest BCUT2D eigenvalue weighted by atomic mass is 10.1. The number of para-hydroxylation sites is 1. The SMILES string of the molecule is CC(C)(C)OC(=O)NOC(CC(=O)O)c1ccccc1O. The van der Waals surface area contributed by atoms with Crippen LogP contribution in [0.15, 0.2) is 24.3 Å². The molecule has 1 unspecified atom stereocenters. The molecule has 0 aliphatic rings. The van der Waals surface area contributed by atoms with E-state index in [1.165, 1.54) is 12.1 Å². The number of carboxylic acid groups (broad SMARTS) is 1. The lowest BCUT2D eigenvalue weighted by Crippen LogP contribution is -2.33. The Morgan fingerprint density at radius 2 is 1.90 bits per heavy atom. The third-order valence-electron chi connectivity index (χ3n) is 2.33. The number of carbonyl (C=O) groups is 2. The number of benzene rings is 1. The number of hydroxylamine groups is 1. The summed E-state index contributed by atoms with van der Waals surface area (Å²) in [6, 6.07) is 6.14. The standard InChI is InChI=1S/C14H19NO6/c1-14(2,3)20-13(19)15-21-11(8-12(17)18)9-6-4-5-7-10(9)16/h4-7,11,16H,8H2,1-3H3,(H,15,19)(H,17,18). The number of phenols is 1. The van der Waals surface area contributed by atoms with E-state index < -0.39 is 30.2 Å². The van der Waals surface area contributed by atoms with Crippen LogP contribution >= 0.6 is 0 Å². The molecule has 1 rings (SSSR count). The van der Waals surface area contributed by atoms with Gasteiger partial charge in [0.1, 0.15) is 17.5 Å². The van der Waals surface area contributed by atoms with Crippen molar-refractivity contribution in [2.24, 2.45) is 0 Å². The second-order valence-electron chi connectivity index (χ2n) is 5.37. The van der Waals surface area contributed by atoms with E-state index in [1.54, 1.807) is 32.9 Å². The van der Waals surface area contributed by atoms with Gasteiger partial charge in [-0.1, -0.05) is 18.2 Å². The quantitative estimate of drug-likeness (QED) is 0.721. The van der Waals surface area contributed by atoms with Crippen molar-refractivity contribution in [1.82, 2.24) is 5.48 Å². The Morgan fingerprint density at radius 3 is 2.43 bits per heavy atom. The van der Waals surface area contributed by atoms with Crippen LogP contribution < -0.4 is 5.48 Å². The highest BCUT2D eigenvalue weighted by molar-refractivity contribution is 5.68. The summed E-state index contributed by atoms with van der Waals surface area (Å²) in [6.07, 6.45) is -2.29. The van der Waals surface area contributed by atoms with Crippen molar-refractivity contribution in [1.29, 1.82) is 0 Å². The van der Waals surface area contributed by atoms with Crippen molar-refractivity contribution in [2.75, 3.05) is 0 Å². The fraction of sp³-hybridized carbons (Fsp3) is 0.429. The zero-order valence-corrected chi connectivity index (χ0v) is 12.1. The summed E-state index contributed by atoms with van der Waals surface area (Å²) < 4.78 is 4.97. The van der Waals surface area contributed by atoms with Crippen LogP contribution in [0.25, 0.3) is 0 Å². The number of aromatic hydroxyl groups is 1. The molecule has 0 bridgehead atoms.